The highest BCUT2D eigenvalue weighted by atomic mass is 16.1. The molecule has 0 saturated carbocycles. The number of benzene rings is 2. The van der Waals surface area contributed by atoms with Gasteiger partial charge in [-0.25, -0.2) is 4.99 Å². The minimum Gasteiger partial charge on any atom is -0.344 e. The third-order valence-electron chi connectivity index (χ3n) is 3.76. The summed E-state index contributed by atoms with van der Waals surface area (Å²) in [6.45, 7) is 8.00. The van der Waals surface area contributed by atoms with Gasteiger partial charge >= 0.3 is 0 Å². The molecule has 2 aromatic carbocycles. The summed E-state index contributed by atoms with van der Waals surface area (Å²) in [6, 6.07) is 15.5. The molecule has 0 atom stereocenters. The molecule has 5 nitrogen and oxygen atoms in total. The fraction of sp³-hybridized carbons (Fsp3) is 0.182. The van der Waals surface area contributed by atoms with Gasteiger partial charge in [0.2, 0.25) is 0 Å². The van der Waals surface area contributed by atoms with Crippen LogP contribution in [0.15, 0.2) is 78.1 Å². The first-order valence-corrected chi connectivity index (χ1v) is 8.78. The molecule has 0 amide bonds. The van der Waals surface area contributed by atoms with E-state index in [-0.39, 0.29) is 5.78 Å². The van der Waals surface area contributed by atoms with E-state index in [2.05, 4.69) is 39.7 Å². The molecule has 140 valence electrons. The van der Waals surface area contributed by atoms with Gasteiger partial charge in [-0.1, -0.05) is 24.8 Å². The molecule has 0 spiro atoms. The number of aliphatic imine (C=N–C) groups is 1. The molecule has 0 radical (unpaired) electrons. The number of carbonyl (C=O) groups is 1. The van der Waals surface area contributed by atoms with Crippen LogP contribution in [-0.4, -0.2) is 18.7 Å². The Morgan fingerprint density at radius 3 is 2.44 bits per heavy atom. The van der Waals surface area contributed by atoms with Gasteiger partial charge in [-0.2, -0.15) is 0 Å². The summed E-state index contributed by atoms with van der Waals surface area (Å²) >= 11 is 0. The predicted molar refractivity (Wildman–Crippen MR) is 114 cm³/mol. The number of carbonyl (C=O) groups excluding carboxylic acids is 1. The van der Waals surface area contributed by atoms with Gasteiger partial charge in [-0.3, -0.25) is 4.79 Å². The lowest BCUT2D eigenvalue weighted by molar-refractivity contribution is 0.101. The Bertz CT molecular complexity index is 851. The third kappa shape index (κ3) is 6.56. The number of amidine groups is 1. The number of hydrogen-bond acceptors (Lipinski definition) is 4. The maximum Gasteiger partial charge on any atom is 0.159 e. The molecular weight excluding hydrogens is 336 g/mol. The van der Waals surface area contributed by atoms with Crippen LogP contribution in [0, 0.1) is 0 Å². The maximum atomic E-state index is 11.4. The number of hydrogen-bond donors (Lipinski definition) is 3. The van der Waals surface area contributed by atoms with Crippen LogP contribution in [0.4, 0.5) is 11.4 Å². The molecule has 0 unspecified atom stereocenters. The Morgan fingerprint density at radius 2 is 1.81 bits per heavy atom. The maximum absolute atomic E-state index is 11.4. The highest BCUT2D eigenvalue weighted by Crippen LogP contribution is 2.15. The van der Waals surface area contributed by atoms with E-state index in [1.54, 1.807) is 25.1 Å². The molecule has 3 N–H and O–H groups in total. The van der Waals surface area contributed by atoms with Gasteiger partial charge in [0.1, 0.15) is 11.7 Å². The van der Waals surface area contributed by atoms with Crippen molar-refractivity contribution in [3.63, 3.8) is 0 Å². The van der Waals surface area contributed by atoms with Crippen LogP contribution in [0.25, 0.3) is 0 Å². The van der Waals surface area contributed by atoms with Crippen LogP contribution in [0.3, 0.4) is 0 Å². The van der Waals surface area contributed by atoms with E-state index >= 15 is 0 Å². The summed E-state index contributed by atoms with van der Waals surface area (Å²) < 4.78 is 0. The number of ketones is 1. The fourth-order valence-corrected chi connectivity index (χ4v) is 2.54. The Labute approximate surface area is 160 Å². The van der Waals surface area contributed by atoms with Crippen LogP contribution >= 0.6 is 0 Å². The summed E-state index contributed by atoms with van der Waals surface area (Å²) in [4.78, 5) is 16.0. The van der Waals surface area contributed by atoms with Gasteiger partial charge in [0.05, 0.1) is 0 Å². The zero-order valence-corrected chi connectivity index (χ0v) is 16.0. The smallest absolute Gasteiger partial charge is 0.159 e. The van der Waals surface area contributed by atoms with Crippen molar-refractivity contribution in [2.24, 2.45) is 4.99 Å². The van der Waals surface area contributed by atoms with E-state index in [0.717, 1.165) is 23.8 Å². The van der Waals surface area contributed by atoms with E-state index in [0.29, 0.717) is 11.4 Å². The van der Waals surface area contributed by atoms with Gasteiger partial charge in [-0.05, 0) is 68.9 Å². The monoisotopic (exact) mass is 362 g/mol. The van der Waals surface area contributed by atoms with E-state index < -0.39 is 0 Å². The Morgan fingerprint density at radius 1 is 1.07 bits per heavy atom. The number of allylic oxidation sites excluding steroid dienone is 2. The standard InChI is InChI=1S/C22H26N4O/c1-5-7-22(26-21-9-6-8-18(14-21)15-23-4)25-17(3)24-20-12-10-19(11-13-20)16(2)27/h5-14,23,26H,1,15H2,2-4H3,(H,24,25)/b22-7+. The molecule has 0 bridgehead atoms. The largest absolute Gasteiger partial charge is 0.344 e. The first-order chi connectivity index (χ1) is 13.0. The normalized spacial score (nSPS) is 11.8. The van der Waals surface area contributed by atoms with Gasteiger partial charge < -0.3 is 16.0 Å². The molecule has 0 saturated heterocycles. The van der Waals surface area contributed by atoms with Gasteiger partial charge in [0, 0.05) is 23.5 Å². The molecule has 0 fully saturated rings. The fourth-order valence-electron chi connectivity index (χ4n) is 2.54. The molecule has 0 heterocycles. The summed E-state index contributed by atoms with van der Waals surface area (Å²) in [6.07, 6.45) is 3.51. The molecular formula is C22H26N4O. The molecule has 5 heteroatoms. The lowest BCUT2D eigenvalue weighted by Crippen LogP contribution is -2.10. The molecule has 27 heavy (non-hydrogen) atoms. The number of nitrogens with zero attached hydrogens (tertiary/aromatic N) is 1. The van der Waals surface area contributed by atoms with Crippen molar-refractivity contribution in [3.05, 3.63) is 84.2 Å². The number of Topliss-reactive ketones (excluding diaryl/α,β-unsaturated/α-hetero) is 1. The first kappa shape index (κ1) is 20.1. The lowest BCUT2D eigenvalue weighted by atomic mass is 10.1. The second kappa shape index (κ2) is 10.1. The molecule has 0 aliphatic carbocycles. The van der Waals surface area contributed by atoms with Crippen LogP contribution in [0.5, 0.6) is 0 Å². The minimum absolute atomic E-state index is 0.0489. The van der Waals surface area contributed by atoms with Crippen molar-refractivity contribution < 1.29 is 4.79 Å². The second-order valence-corrected chi connectivity index (χ2v) is 6.10. The van der Waals surface area contributed by atoms with Crippen molar-refractivity contribution in [3.8, 4) is 0 Å². The van der Waals surface area contributed by atoms with E-state index in [1.165, 1.54) is 5.56 Å². The molecule has 0 aromatic heterocycles. The average Bonchev–Trinajstić information content (AvgIpc) is 2.63. The second-order valence-electron chi connectivity index (χ2n) is 6.10. The minimum atomic E-state index is 0.0489. The van der Waals surface area contributed by atoms with Gasteiger partial charge in [-0.15, -0.1) is 0 Å². The number of nitrogens with one attached hydrogen (secondary N) is 3. The molecule has 0 aliphatic heterocycles. The van der Waals surface area contributed by atoms with E-state index in [4.69, 9.17) is 0 Å². The van der Waals surface area contributed by atoms with Crippen molar-refractivity contribution in [2.45, 2.75) is 20.4 Å². The molecule has 0 aliphatic rings. The zero-order valence-electron chi connectivity index (χ0n) is 16.0. The average molecular weight is 362 g/mol. The topological polar surface area (TPSA) is 65.5 Å². The summed E-state index contributed by atoms with van der Waals surface area (Å²) in [5.74, 6) is 1.45. The highest BCUT2D eigenvalue weighted by Gasteiger charge is 2.02. The Hall–Kier alpha value is -3.18. The number of rotatable bonds is 8. The summed E-state index contributed by atoms with van der Waals surface area (Å²) in [5.41, 5.74) is 3.70. The molecule has 2 rings (SSSR count). The number of anilines is 2. The van der Waals surface area contributed by atoms with E-state index in [1.807, 2.05) is 44.3 Å². The lowest BCUT2D eigenvalue weighted by Gasteiger charge is -2.11. The highest BCUT2D eigenvalue weighted by molar-refractivity contribution is 5.96. The molecule has 2 aromatic rings. The third-order valence-corrected chi connectivity index (χ3v) is 3.76. The Balaban J connectivity index is 2.11. The summed E-state index contributed by atoms with van der Waals surface area (Å²) in [5, 5.41) is 9.68. The van der Waals surface area contributed by atoms with Crippen molar-refractivity contribution in [1.82, 2.24) is 5.32 Å². The van der Waals surface area contributed by atoms with Crippen molar-refractivity contribution in [2.75, 3.05) is 17.7 Å². The quantitative estimate of drug-likeness (QED) is 0.278. The van der Waals surface area contributed by atoms with Crippen molar-refractivity contribution in [1.29, 1.82) is 0 Å². The van der Waals surface area contributed by atoms with Crippen LogP contribution < -0.4 is 16.0 Å². The van der Waals surface area contributed by atoms with Gasteiger partial charge in [0.15, 0.2) is 5.78 Å². The van der Waals surface area contributed by atoms with E-state index in [9.17, 15) is 4.79 Å². The predicted octanol–water partition coefficient (Wildman–Crippen LogP) is 4.58. The first-order valence-electron chi connectivity index (χ1n) is 8.78. The van der Waals surface area contributed by atoms with Gasteiger partial charge in [0.25, 0.3) is 0 Å². The van der Waals surface area contributed by atoms with Crippen molar-refractivity contribution >= 4 is 23.0 Å². The van der Waals surface area contributed by atoms with Crippen LogP contribution in [0.2, 0.25) is 0 Å². The van der Waals surface area contributed by atoms with Crippen LogP contribution in [0.1, 0.15) is 29.8 Å². The Kier molecular flexibility index (Phi) is 7.52. The SMILES string of the molecule is C=C/C=C(\N=C(/C)Nc1ccc(C(C)=O)cc1)Nc1cccc(CNC)c1. The van der Waals surface area contributed by atoms with Crippen LogP contribution in [-0.2, 0) is 6.54 Å². The summed E-state index contributed by atoms with van der Waals surface area (Å²) in [7, 11) is 1.92. The zero-order chi connectivity index (χ0) is 19.6.